The molecule has 2 aliphatic rings. The van der Waals surface area contributed by atoms with E-state index in [4.69, 9.17) is 0 Å². The van der Waals surface area contributed by atoms with Crippen LogP contribution < -0.4 is 10.6 Å². The van der Waals surface area contributed by atoms with Crippen LogP contribution in [0.5, 0.6) is 0 Å². The van der Waals surface area contributed by atoms with E-state index in [1.165, 1.54) is 10.5 Å². The molecule has 0 bridgehead atoms. The summed E-state index contributed by atoms with van der Waals surface area (Å²) in [6, 6.07) is 3.75. The van der Waals surface area contributed by atoms with Gasteiger partial charge in [0.05, 0.1) is 0 Å². The Labute approximate surface area is 148 Å². The molecule has 0 radical (unpaired) electrons. The van der Waals surface area contributed by atoms with Crippen LogP contribution in [0.4, 0.5) is 10.6 Å². The van der Waals surface area contributed by atoms with Gasteiger partial charge in [0.25, 0.3) is 5.91 Å². The summed E-state index contributed by atoms with van der Waals surface area (Å²) >= 11 is 0. The molecule has 1 atom stereocenters. The second kappa shape index (κ2) is 7.00. The minimum Gasteiger partial charge on any atom is -0.370 e. The number of nitrogens with one attached hydrogen (secondary N) is 2. The number of likely N-dealkylation sites (tertiary alicyclic amines) is 1. The average Bonchev–Trinajstić information content (AvgIpc) is 3.07. The molecule has 3 rings (SSSR count). The second-order valence-electron chi connectivity index (χ2n) is 7.57. The zero-order chi connectivity index (χ0) is 18.0. The van der Waals surface area contributed by atoms with Crippen molar-refractivity contribution in [3.63, 3.8) is 0 Å². The Balaban J connectivity index is 1.43. The number of hydrogen-bond acceptors (Lipinski definition) is 5. The first kappa shape index (κ1) is 17.7. The summed E-state index contributed by atoms with van der Waals surface area (Å²) in [4.78, 5) is 32.1. The number of amides is 3. The van der Waals surface area contributed by atoms with Crippen molar-refractivity contribution in [3.8, 4) is 0 Å². The predicted octanol–water partition coefficient (Wildman–Crippen LogP) is 1.45. The van der Waals surface area contributed by atoms with Crippen LogP contribution in [0.2, 0.25) is 0 Å². The van der Waals surface area contributed by atoms with Crippen LogP contribution in [0.1, 0.15) is 25.8 Å². The number of aromatic nitrogens is 1. The SMILES string of the molecule is Cc1ccnc(NCC2CCN(CCN3C(=O)NC(C)(C)C3=O)C2)c1. The Hall–Kier alpha value is -2.15. The van der Waals surface area contributed by atoms with Gasteiger partial charge in [-0.1, -0.05) is 0 Å². The second-order valence-corrected chi connectivity index (χ2v) is 7.57. The van der Waals surface area contributed by atoms with Gasteiger partial charge < -0.3 is 15.5 Å². The molecule has 1 aromatic rings. The number of hydrogen-bond donors (Lipinski definition) is 2. The van der Waals surface area contributed by atoms with E-state index < -0.39 is 5.54 Å². The third kappa shape index (κ3) is 4.10. The molecule has 3 amide bonds. The first-order valence-corrected chi connectivity index (χ1v) is 8.88. The zero-order valence-corrected chi connectivity index (χ0v) is 15.2. The molecule has 0 aromatic carbocycles. The third-order valence-electron chi connectivity index (χ3n) is 4.94. The third-order valence-corrected chi connectivity index (χ3v) is 4.94. The van der Waals surface area contributed by atoms with Gasteiger partial charge in [0.1, 0.15) is 11.4 Å². The van der Waals surface area contributed by atoms with Crippen LogP contribution in [0, 0.1) is 12.8 Å². The summed E-state index contributed by atoms with van der Waals surface area (Å²) in [7, 11) is 0. The number of imide groups is 1. The average molecular weight is 345 g/mol. The van der Waals surface area contributed by atoms with E-state index in [2.05, 4.69) is 27.4 Å². The number of urea groups is 1. The quantitative estimate of drug-likeness (QED) is 0.763. The van der Waals surface area contributed by atoms with Crippen LogP contribution in [-0.2, 0) is 4.79 Å². The van der Waals surface area contributed by atoms with Gasteiger partial charge >= 0.3 is 6.03 Å². The van der Waals surface area contributed by atoms with Gasteiger partial charge in [-0.2, -0.15) is 0 Å². The molecule has 2 fully saturated rings. The lowest BCUT2D eigenvalue weighted by Gasteiger charge is -2.20. The molecule has 0 aliphatic carbocycles. The van der Waals surface area contributed by atoms with E-state index in [1.807, 2.05) is 18.3 Å². The van der Waals surface area contributed by atoms with Crippen molar-refractivity contribution >= 4 is 17.8 Å². The van der Waals surface area contributed by atoms with Crippen molar-refractivity contribution in [2.24, 2.45) is 5.92 Å². The maximum absolute atomic E-state index is 12.2. The minimum absolute atomic E-state index is 0.138. The van der Waals surface area contributed by atoms with Crippen molar-refractivity contribution in [2.45, 2.75) is 32.7 Å². The van der Waals surface area contributed by atoms with Crippen molar-refractivity contribution < 1.29 is 9.59 Å². The topological polar surface area (TPSA) is 77.6 Å². The molecular weight excluding hydrogens is 318 g/mol. The molecular formula is C18H27N5O2. The molecule has 0 spiro atoms. The Morgan fingerprint density at radius 1 is 1.36 bits per heavy atom. The number of carbonyl (C=O) groups excluding carboxylic acids is 2. The number of carbonyl (C=O) groups is 2. The number of nitrogens with zero attached hydrogens (tertiary/aromatic N) is 3. The number of pyridine rings is 1. The van der Waals surface area contributed by atoms with E-state index >= 15 is 0 Å². The van der Waals surface area contributed by atoms with Gasteiger partial charge in [0.15, 0.2) is 0 Å². The van der Waals surface area contributed by atoms with Crippen LogP contribution >= 0.6 is 0 Å². The van der Waals surface area contributed by atoms with Gasteiger partial charge in [-0.3, -0.25) is 9.69 Å². The molecule has 3 heterocycles. The van der Waals surface area contributed by atoms with Gasteiger partial charge in [-0.05, 0) is 57.4 Å². The highest BCUT2D eigenvalue weighted by Crippen LogP contribution is 2.19. The molecule has 2 aliphatic heterocycles. The highest BCUT2D eigenvalue weighted by Gasteiger charge is 2.44. The summed E-state index contributed by atoms with van der Waals surface area (Å²) in [5.74, 6) is 1.34. The summed E-state index contributed by atoms with van der Waals surface area (Å²) in [6.07, 6.45) is 2.93. The number of anilines is 1. The van der Waals surface area contributed by atoms with Crippen molar-refractivity contribution in [1.29, 1.82) is 0 Å². The van der Waals surface area contributed by atoms with Crippen molar-refractivity contribution in [1.82, 2.24) is 20.1 Å². The molecule has 1 unspecified atom stereocenters. The van der Waals surface area contributed by atoms with Crippen molar-refractivity contribution in [2.75, 3.05) is 38.0 Å². The van der Waals surface area contributed by atoms with Gasteiger partial charge in [-0.15, -0.1) is 0 Å². The Bertz CT molecular complexity index is 661. The largest absolute Gasteiger partial charge is 0.370 e. The molecule has 1 aromatic heterocycles. The van der Waals surface area contributed by atoms with Gasteiger partial charge in [0.2, 0.25) is 0 Å². The fourth-order valence-corrected chi connectivity index (χ4v) is 3.43. The Morgan fingerprint density at radius 2 is 2.16 bits per heavy atom. The highest BCUT2D eigenvalue weighted by molar-refractivity contribution is 6.06. The molecule has 7 nitrogen and oxygen atoms in total. The van der Waals surface area contributed by atoms with Gasteiger partial charge in [0, 0.05) is 32.4 Å². The zero-order valence-electron chi connectivity index (χ0n) is 15.2. The Morgan fingerprint density at radius 3 is 2.84 bits per heavy atom. The minimum atomic E-state index is -0.782. The summed E-state index contributed by atoms with van der Waals surface area (Å²) in [5, 5.41) is 6.13. The summed E-state index contributed by atoms with van der Waals surface area (Å²) in [5.41, 5.74) is 0.414. The lowest BCUT2D eigenvalue weighted by atomic mass is 10.1. The highest BCUT2D eigenvalue weighted by atomic mass is 16.2. The van der Waals surface area contributed by atoms with Crippen LogP contribution in [0.25, 0.3) is 0 Å². The molecule has 0 saturated carbocycles. The van der Waals surface area contributed by atoms with Gasteiger partial charge in [-0.25, -0.2) is 9.78 Å². The monoisotopic (exact) mass is 345 g/mol. The molecule has 2 saturated heterocycles. The fourth-order valence-electron chi connectivity index (χ4n) is 3.43. The smallest absolute Gasteiger partial charge is 0.325 e. The molecule has 7 heteroatoms. The maximum Gasteiger partial charge on any atom is 0.325 e. The first-order valence-electron chi connectivity index (χ1n) is 8.88. The van der Waals surface area contributed by atoms with E-state index in [1.54, 1.807) is 13.8 Å². The van der Waals surface area contributed by atoms with E-state index in [0.29, 0.717) is 12.5 Å². The summed E-state index contributed by atoms with van der Waals surface area (Å²) in [6.45, 7) is 9.59. The van der Waals surface area contributed by atoms with Crippen LogP contribution in [-0.4, -0.2) is 65.0 Å². The lowest BCUT2D eigenvalue weighted by molar-refractivity contribution is -0.130. The summed E-state index contributed by atoms with van der Waals surface area (Å²) < 4.78 is 0. The maximum atomic E-state index is 12.2. The molecule has 136 valence electrons. The standard InChI is InChI=1S/C18H27N5O2/c1-13-4-6-19-15(10-13)20-11-14-5-7-22(12-14)8-9-23-16(24)18(2,3)21-17(23)25/h4,6,10,14H,5,7-9,11-12H2,1-3H3,(H,19,20)(H,21,25). The predicted molar refractivity (Wildman–Crippen MR) is 96.3 cm³/mol. The van der Waals surface area contributed by atoms with E-state index in [-0.39, 0.29) is 11.9 Å². The number of aryl methyl sites for hydroxylation is 1. The van der Waals surface area contributed by atoms with Crippen LogP contribution in [0.3, 0.4) is 0 Å². The molecule has 2 N–H and O–H groups in total. The number of rotatable bonds is 6. The van der Waals surface area contributed by atoms with E-state index in [0.717, 1.165) is 38.4 Å². The van der Waals surface area contributed by atoms with Crippen LogP contribution in [0.15, 0.2) is 18.3 Å². The Kier molecular flexibility index (Phi) is 4.94. The first-order chi connectivity index (χ1) is 11.8. The molecule has 25 heavy (non-hydrogen) atoms. The van der Waals surface area contributed by atoms with Crippen molar-refractivity contribution in [3.05, 3.63) is 23.9 Å². The fraction of sp³-hybridized carbons (Fsp3) is 0.611. The lowest BCUT2D eigenvalue weighted by Crippen LogP contribution is -2.41. The van der Waals surface area contributed by atoms with E-state index in [9.17, 15) is 9.59 Å². The normalized spacial score (nSPS) is 23.2.